The Labute approximate surface area is 173 Å². The number of ether oxygens (including phenoxy) is 1. The highest BCUT2D eigenvalue weighted by Crippen LogP contribution is 2.34. The highest BCUT2D eigenvalue weighted by Gasteiger charge is 2.44. The van der Waals surface area contributed by atoms with Gasteiger partial charge in [0, 0.05) is 11.5 Å². The second kappa shape index (κ2) is 8.68. The van der Waals surface area contributed by atoms with Crippen LogP contribution in [0.3, 0.4) is 0 Å². The van der Waals surface area contributed by atoms with Gasteiger partial charge in [-0.3, -0.25) is 19.7 Å². The van der Waals surface area contributed by atoms with Gasteiger partial charge in [0.15, 0.2) is 0 Å². The van der Waals surface area contributed by atoms with Crippen molar-refractivity contribution in [1.29, 1.82) is 0 Å². The standard InChI is InChI=1S/C20H26N2O8/c1-11(2)16-10-30-19(27)21(16)17(24)13(9-20(3,4)18(25)26)7-12-5-6-14(23)8-15(12)22(28)29/h5-6,8,11,13,16,23H,7,9-10H2,1-4H3,(H,25,26)/t13-,16?/m0/s1. The van der Waals surface area contributed by atoms with E-state index in [0.717, 1.165) is 11.0 Å². The molecular weight excluding hydrogens is 396 g/mol. The Bertz CT molecular complexity index is 864. The number of benzene rings is 1. The molecule has 1 heterocycles. The van der Waals surface area contributed by atoms with Crippen LogP contribution >= 0.6 is 0 Å². The van der Waals surface area contributed by atoms with Gasteiger partial charge in [-0.05, 0) is 44.7 Å². The minimum Gasteiger partial charge on any atom is -0.508 e. The predicted octanol–water partition coefficient (Wildman–Crippen LogP) is 2.96. The minimum absolute atomic E-state index is 0.0383. The maximum Gasteiger partial charge on any atom is 0.416 e. The van der Waals surface area contributed by atoms with Crippen molar-refractivity contribution in [3.05, 3.63) is 33.9 Å². The number of carbonyl (C=O) groups excluding carboxylic acids is 2. The Morgan fingerprint density at radius 1 is 1.37 bits per heavy atom. The summed E-state index contributed by atoms with van der Waals surface area (Å²) >= 11 is 0. The molecule has 10 heteroatoms. The Hall–Kier alpha value is -3.17. The van der Waals surface area contributed by atoms with Crippen molar-refractivity contribution in [3.63, 3.8) is 0 Å². The van der Waals surface area contributed by atoms with E-state index in [9.17, 15) is 34.7 Å². The van der Waals surface area contributed by atoms with E-state index in [0.29, 0.717) is 0 Å². The lowest BCUT2D eigenvalue weighted by Gasteiger charge is -2.30. The topological polar surface area (TPSA) is 147 Å². The third kappa shape index (κ3) is 4.87. The number of hydrogen-bond acceptors (Lipinski definition) is 7. The summed E-state index contributed by atoms with van der Waals surface area (Å²) in [6.07, 6.45) is -1.12. The number of imide groups is 1. The maximum absolute atomic E-state index is 13.3. The van der Waals surface area contributed by atoms with Crippen LogP contribution in [-0.2, 0) is 20.7 Å². The van der Waals surface area contributed by atoms with Gasteiger partial charge in [-0.1, -0.05) is 13.8 Å². The number of carboxylic acid groups (broad SMARTS) is 1. The average molecular weight is 422 g/mol. The summed E-state index contributed by atoms with van der Waals surface area (Å²) in [6, 6.07) is 3.05. The molecule has 1 aliphatic heterocycles. The van der Waals surface area contributed by atoms with E-state index in [1.165, 1.54) is 26.0 Å². The predicted molar refractivity (Wildman–Crippen MR) is 105 cm³/mol. The number of carbonyl (C=O) groups is 3. The van der Waals surface area contributed by atoms with Gasteiger partial charge in [-0.25, -0.2) is 9.69 Å². The first kappa shape index (κ1) is 23.1. The molecule has 2 atom stereocenters. The first-order valence-electron chi connectivity index (χ1n) is 9.54. The third-order valence-electron chi connectivity index (χ3n) is 5.33. The van der Waals surface area contributed by atoms with Crippen molar-refractivity contribution in [3.8, 4) is 5.75 Å². The number of aliphatic carboxylic acids is 1. The highest BCUT2D eigenvalue weighted by molar-refractivity contribution is 5.95. The SMILES string of the molecule is CC(C)C1COC(=O)N1C(=O)[C@@H](Cc1ccc(O)cc1[N+](=O)[O-])CC(C)(C)C(=O)O. The molecule has 1 fully saturated rings. The molecule has 0 aromatic heterocycles. The molecule has 1 saturated heterocycles. The van der Waals surface area contributed by atoms with Crippen LogP contribution in [0.4, 0.5) is 10.5 Å². The number of nitrogens with zero attached hydrogens (tertiary/aromatic N) is 2. The van der Waals surface area contributed by atoms with Crippen molar-refractivity contribution < 1.29 is 34.3 Å². The number of rotatable bonds is 8. The second-order valence-corrected chi connectivity index (χ2v) is 8.46. The van der Waals surface area contributed by atoms with Crippen LogP contribution in [0, 0.1) is 27.4 Å². The Morgan fingerprint density at radius 3 is 2.53 bits per heavy atom. The summed E-state index contributed by atoms with van der Waals surface area (Å²) in [5.74, 6) is -3.18. The fourth-order valence-electron chi connectivity index (χ4n) is 3.49. The Balaban J connectivity index is 2.46. The highest BCUT2D eigenvalue weighted by atomic mass is 16.6. The summed E-state index contributed by atoms with van der Waals surface area (Å²) in [4.78, 5) is 48.9. The Morgan fingerprint density at radius 2 is 2.00 bits per heavy atom. The zero-order valence-corrected chi connectivity index (χ0v) is 17.3. The quantitative estimate of drug-likeness (QED) is 0.480. The van der Waals surface area contributed by atoms with Gasteiger partial charge in [-0.15, -0.1) is 0 Å². The number of hydrogen-bond donors (Lipinski definition) is 2. The number of amides is 2. The molecule has 2 N–H and O–H groups in total. The van der Waals surface area contributed by atoms with E-state index in [1.54, 1.807) is 0 Å². The lowest BCUT2D eigenvalue weighted by molar-refractivity contribution is -0.385. The molecule has 1 aromatic carbocycles. The number of cyclic esters (lactones) is 1. The van der Waals surface area contributed by atoms with Gasteiger partial charge < -0.3 is 14.9 Å². The van der Waals surface area contributed by atoms with Crippen LogP contribution in [-0.4, -0.2) is 50.7 Å². The fourth-order valence-corrected chi connectivity index (χ4v) is 3.49. The molecule has 1 aromatic rings. The van der Waals surface area contributed by atoms with Crippen LogP contribution in [0.5, 0.6) is 5.75 Å². The number of nitro benzene ring substituents is 1. The molecule has 2 amide bonds. The minimum atomic E-state index is -1.32. The van der Waals surface area contributed by atoms with Crippen molar-refractivity contribution >= 4 is 23.7 Å². The summed E-state index contributed by atoms with van der Waals surface area (Å²) in [5.41, 5.74) is -1.54. The summed E-state index contributed by atoms with van der Waals surface area (Å²) in [6.45, 7) is 6.59. The zero-order valence-electron chi connectivity index (χ0n) is 17.3. The smallest absolute Gasteiger partial charge is 0.416 e. The average Bonchev–Trinajstić information content (AvgIpc) is 3.03. The lowest BCUT2D eigenvalue weighted by Crippen LogP contribution is -2.46. The van der Waals surface area contributed by atoms with Gasteiger partial charge >= 0.3 is 12.1 Å². The van der Waals surface area contributed by atoms with Crippen molar-refractivity contribution in [2.24, 2.45) is 17.3 Å². The van der Waals surface area contributed by atoms with Gasteiger partial charge in [0.25, 0.3) is 5.69 Å². The molecular formula is C20H26N2O8. The summed E-state index contributed by atoms with van der Waals surface area (Å²) in [7, 11) is 0. The van der Waals surface area contributed by atoms with Crippen LogP contribution in [0.1, 0.15) is 39.7 Å². The number of carboxylic acids is 1. The van der Waals surface area contributed by atoms with Crippen LogP contribution < -0.4 is 0 Å². The van der Waals surface area contributed by atoms with Gasteiger partial charge in [0.2, 0.25) is 5.91 Å². The van der Waals surface area contributed by atoms with E-state index < -0.39 is 40.3 Å². The van der Waals surface area contributed by atoms with E-state index in [4.69, 9.17) is 4.74 Å². The van der Waals surface area contributed by atoms with E-state index >= 15 is 0 Å². The number of phenolic OH excluding ortho intramolecular Hbond substituents is 1. The first-order chi connectivity index (χ1) is 13.8. The van der Waals surface area contributed by atoms with Gasteiger partial charge in [0.1, 0.15) is 12.4 Å². The normalized spacial score (nSPS) is 17.7. The second-order valence-electron chi connectivity index (χ2n) is 8.46. The molecule has 0 aliphatic carbocycles. The van der Waals surface area contributed by atoms with E-state index in [1.807, 2.05) is 13.8 Å². The number of phenols is 1. The maximum atomic E-state index is 13.3. The lowest BCUT2D eigenvalue weighted by atomic mass is 9.79. The van der Waals surface area contributed by atoms with Crippen LogP contribution in [0.2, 0.25) is 0 Å². The Kier molecular flexibility index (Phi) is 6.69. The molecule has 2 rings (SSSR count). The summed E-state index contributed by atoms with van der Waals surface area (Å²) in [5, 5.41) is 30.5. The zero-order chi connectivity index (χ0) is 22.8. The molecule has 0 saturated carbocycles. The molecule has 0 radical (unpaired) electrons. The van der Waals surface area contributed by atoms with Crippen molar-refractivity contribution in [2.75, 3.05) is 6.61 Å². The third-order valence-corrected chi connectivity index (χ3v) is 5.33. The summed E-state index contributed by atoms with van der Waals surface area (Å²) < 4.78 is 5.02. The van der Waals surface area contributed by atoms with Crippen molar-refractivity contribution in [2.45, 2.75) is 46.6 Å². The van der Waals surface area contributed by atoms with Crippen LogP contribution in [0.15, 0.2) is 18.2 Å². The molecule has 0 spiro atoms. The molecule has 10 nitrogen and oxygen atoms in total. The van der Waals surface area contributed by atoms with Gasteiger partial charge in [-0.2, -0.15) is 0 Å². The van der Waals surface area contributed by atoms with Gasteiger partial charge in [0.05, 0.1) is 22.4 Å². The monoisotopic (exact) mass is 422 g/mol. The molecule has 30 heavy (non-hydrogen) atoms. The first-order valence-corrected chi connectivity index (χ1v) is 9.54. The van der Waals surface area contributed by atoms with Crippen LogP contribution in [0.25, 0.3) is 0 Å². The number of nitro groups is 1. The fraction of sp³-hybridized carbons (Fsp3) is 0.550. The largest absolute Gasteiger partial charge is 0.508 e. The van der Waals surface area contributed by atoms with Crippen molar-refractivity contribution in [1.82, 2.24) is 4.90 Å². The van der Waals surface area contributed by atoms with E-state index in [2.05, 4.69) is 0 Å². The molecule has 0 bridgehead atoms. The molecule has 164 valence electrons. The molecule has 1 unspecified atom stereocenters. The number of aromatic hydroxyl groups is 1. The van der Waals surface area contributed by atoms with E-state index in [-0.39, 0.29) is 42.4 Å². The molecule has 1 aliphatic rings.